The molecule has 2 aliphatic rings. The first-order valence-corrected chi connectivity index (χ1v) is 8.85. The summed E-state index contributed by atoms with van der Waals surface area (Å²) < 4.78 is 3.98. The van der Waals surface area contributed by atoms with E-state index in [-0.39, 0.29) is 23.6 Å². The smallest absolute Gasteiger partial charge is 0.353 e. The van der Waals surface area contributed by atoms with Crippen molar-refractivity contribution in [2.45, 2.75) is 31.7 Å². The van der Waals surface area contributed by atoms with Crippen molar-refractivity contribution in [2.75, 3.05) is 0 Å². The molecule has 1 aromatic heterocycles. The van der Waals surface area contributed by atoms with Crippen molar-refractivity contribution >= 4 is 23.6 Å². The summed E-state index contributed by atoms with van der Waals surface area (Å²) in [6.07, 6.45) is 3.12. The number of hydrogen-bond donors (Lipinski definition) is 2. The molecule has 0 aliphatic carbocycles. The maximum absolute atomic E-state index is 12.3. The van der Waals surface area contributed by atoms with E-state index in [1.807, 2.05) is 42.5 Å². The number of rotatable bonds is 5. The molecule has 1 saturated heterocycles. The lowest BCUT2D eigenvalue weighted by molar-refractivity contribution is -0.677. The first kappa shape index (κ1) is 17.0. The first-order valence-electron chi connectivity index (χ1n) is 7.87. The minimum absolute atomic E-state index is 0.0799. The average molecular weight is 352 g/mol. The van der Waals surface area contributed by atoms with Crippen LogP contribution in [0.5, 0.6) is 0 Å². The predicted molar refractivity (Wildman–Crippen MR) is 87.5 cm³/mol. The SMILES string of the molecule is CC(O)[C@H]1C(=O)N2C(C(=O)O)=C(SCc3n(C)cc[n+]3C)[C@H](C)C12. The molecule has 0 bridgehead atoms. The van der Waals surface area contributed by atoms with Crippen molar-refractivity contribution < 1.29 is 24.4 Å². The first-order chi connectivity index (χ1) is 11.3. The minimum atomic E-state index is -1.08. The third-order valence-corrected chi connectivity index (χ3v) is 6.27. The molecular formula is C16H22N3O4S+. The van der Waals surface area contributed by atoms with Crippen LogP contribution in [-0.2, 0) is 29.4 Å². The highest BCUT2D eigenvalue weighted by Crippen LogP contribution is 2.50. The van der Waals surface area contributed by atoms with Gasteiger partial charge in [0.2, 0.25) is 5.91 Å². The molecule has 1 fully saturated rings. The van der Waals surface area contributed by atoms with Gasteiger partial charge in [0.1, 0.15) is 18.1 Å². The maximum Gasteiger partial charge on any atom is 0.353 e. The Hall–Kier alpha value is -1.80. The van der Waals surface area contributed by atoms with Crippen LogP contribution in [0.15, 0.2) is 23.0 Å². The number of aryl methyl sites for hydroxylation is 2. The third-order valence-electron chi connectivity index (χ3n) is 5.00. The molecular weight excluding hydrogens is 330 g/mol. The lowest BCUT2D eigenvalue weighted by Gasteiger charge is -2.46. The van der Waals surface area contributed by atoms with Gasteiger partial charge in [-0.25, -0.2) is 13.9 Å². The van der Waals surface area contributed by atoms with Crippen molar-refractivity contribution in [1.82, 2.24) is 9.47 Å². The number of aliphatic hydroxyl groups is 1. The number of thioether (sulfide) groups is 1. The molecule has 0 saturated carbocycles. The zero-order valence-corrected chi connectivity index (χ0v) is 14.9. The topological polar surface area (TPSA) is 86.7 Å². The summed E-state index contributed by atoms with van der Waals surface area (Å²) in [6.45, 7) is 3.52. The average Bonchev–Trinajstić information content (AvgIpc) is 2.93. The number of amides is 1. The Morgan fingerprint density at radius 3 is 2.67 bits per heavy atom. The van der Waals surface area contributed by atoms with Crippen LogP contribution in [0.25, 0.3) is 0 Å². The van der Waals surface area contributed by atoms with Crippen molar-refractivity contribution in [3.8, 4) is 0 Å². The number of aliphatic carboxylic acids is 1. The van der Waals surface area contributed by atoms with Gasteiger partial charge in [-0.3, -0.25) is 4.79 Å². The lowest BCUT2D eigenvalue weighted by Crippen LogP contribution is -2.63. The number of hydrogen-bond acceptors (Lipinski definition) is 4. The van der Waals surface area contributed by atoms with Gasteiger partial charge in [0.25, 0.3) is 5.82 Å². The van der Waals surface area contributed by atoms with Gasteiger partial charge in [0.05, 0.1) is 37.9 Å². The summed E-state index contributed by atoms with van der Waals surface area (Å²) in [5.74, 6) is -0.315. The second-order valence-electron chi connectivity index (χ2n) is 6.50. The predicted octanol–water partition coefficient (Wildman–Crippen LogP) is 0.237. The molecule has 7 nitrogen and oxygen atoms in total. The number of β-lactam (4-membered cyclic amide) rings is 1. The van der Waals surface area contributed by atoms with Crippen molar-refractivity contribution in [3.05, 3.63) is 28.8 Å². The molecule has 24 heavy (non-hydrogen) atoms. The van der Waals surface area contributed by atoms with Crippen LogP contribution in [0.2, 0.25) is 0 Å². The van der Waals surface area contributed by atoms with Crippen molar-refractivity contribution in [3.63, 3.8) is 0 Å². The number of carbonyl (C=O) groups is 2. The van der Waals surface area contributed by atoms with Crippen molar-refractivity contribution in [2.24, 2.45) is 25.9 Å². The normalized spacial score (nSPS) is 27.3. The number of carbonyl (C=O) groups excluding carboxylic acids is 1. The van der Waals surface area contributed by atoms with Crippen LogP contribution in [0.4, 0.5) is 0 Å². The zero-order chi connectivity index (χ0) is 17.8. The standard InChI is InChI=1S/C16H21N3O4S/c1-8-12-11(9(2)20)15(21)19(12)13(16(22)23)14(8)24-7-10-17(3)5-6-18(10)4/h5-6,8-9,11-12,20H,7H2,1-4H3/p+1/t8-,9?,11-,12?/m1/s1. The van der Waals surface area contributed by atoms with Crippen LogP contribution in [0.3, 0.4) is 0 Å². The van der Waals surface area contributed by atoms with E-state index < -0.39 is 18.0 Å². The van der Waals surface area contributed by atoms with E-state index in [4.69, 9.17) is 0 Å². The molecule has 3 rings (SSSR count). The lowest BCUT2D eigenvalue weighted by atomic mass is 9.79. The molecule has 2 N–H and O–H groups in total. The quantitative estimate of drug-likeness (QED) is 0.585. The molecule has 0 spiro atoms. The number of imidazole rings is 1. The number of fused-ring (bicyclic) bond motifs is 1. The monoisotopic (exact) mass is 352 g/mol. The summed E-state index contributed by atoms with van der Waals surface area (Å²) in [4.78, 5) is 26.1. The minimum Gasteiger partial charge on any atom is -0.477 e. The largest absolute Gasteiger partial charge is 0.477 e. The molecule has 130 valence electrons. The zero-order valence-electron chi connectivity index (χ0n) is 14.1. The molecule has 8 heteroatoms. The Kier molecular flexibility index (Phi) is 4.21. The van der Waals surface area contributed by atoms with Gasteiger partial charge in [0, 0.05) is 10.8 Å². The van der Waals surface area contributed by atoms with Gasteiger partial charge in [-0.2, -0.15) is 0 Å². The number of carboxylic acid groups (broad SMARTS) is 1. The van der Waals surface area contributed by atoms with E-state index in [1.54, 1.807) is 6.92 Å². The number of nitrogens with zero attached hydrogens (tertiary/aromatic N) is 3. The van der Waals surface area contributed by atoms with Crippen LogP contribution in [0, 0.1) is 11.8 Å². The Labute approximate surface area is 144 Å². The molecule has 0 radical (unpaired) electrons. The van der Waals surface area contributed by atoms with Crippen LogP contribution in [0.1, 0.15) is 19.7 Å². The molecule has 3 heterocycles. The molecule has 0 aromatic carbocycles. The third kappa shape index (κ3) is 2.36. The van der Waals surface area contributed by atoms with Crippen LogP contribution < -0.4 is 4.57 Å². The van der Waals surface area contributed by atoms with E-state index in [1.165, 1.54) is 16.7 Å². The van der Waals surface area contributed by atoms with Gasteiger partial charge < -0.3 is 15.1 Å². The van der Waals surface area contributed by atoms with E-state index in [0.29, 0.717) is 10.7 Å². The van der Waals surface area contributed by atoms with Gasteiger partial charge in [-0.15, -0.1) is 11.8 Å². The van der Waals surface area contributed by atoms with E-state index in [0.717, 1.165) is 5.82 Å². The van der Waals surface area contributed by atoms with Crippen LogP contribution >= 0.6 is 11.8 Å². The maximum atomic E-state index is 12.3. The molecule has 1 aromatic rings. The molecule has 2 aliphatic heterocycles. The highest BCUT2D eigenvalue weighted by atomic mass is 32.2. The summed E-state index contributed by atoms with van der Waals surface area (Å²) in [5, 5.41) is 19.4. The Morgan fingerprint density at radius 1 is 1.50 bits per heavy atom. The van der Waals surface area contributed by atoms with E-state index in [9.17, 15) is 19.8 Å². The Balaban J connectivity index is 1.88. The number of carboxylic acids is 1. The fourth-order valence-corrected chi connectivity index (χ4v) is 5.10. The van der Waals surface area contributed by atoms with Gasteiger partial charge >= 0.3 is 5.97 Å². The highest BCUT2D eigenvalue weighted by Gasteiger charge is 2.60. The molecule has 1 amide bonds. The summed E-state index contributed by atoms with van der Waals surface area (Å²) in [6, 6.07) is -0.256. The van der Waals surface area contributed by atoms with Gasteiger partial charge in [-0.1, -0.05) is 6.92 Å². The van der Waals surface area contributed by atoms with E-state index >= 15 is 0 Å². The Bertz CT molecular complexity index is 720. The fraction of sp³-hybridized carbons (Fsp3) is 0.562. The summed E-state index contributed by atoms with van der Waals surface area (Å²) in [7, 11) is 3.89. The van der Waals surface area contributed by atoms with Crippen LogP contribution in [-0.4, -0.2) is 43.7 Å². The van der Waals surface area contributed by atoms with Gasteiger partial charge in [0.15, 0.2) is 0 Å². The number of aliphatic hydroxyl groups excluding tert-OH is 1. The fourth-order valence-electron chi connectivity index (χ4n) is 3.68. The molecule has 4 atom stereocenters. The second-order valence-corrected chi connectivity index (χ2v) is 7.51. The van der Waals surface area contributed by atoms with Gasteiger partial charge in [-0.05, 0) is 6.92 Å². The highest BCUT2D eigenvalue weighted by molar-refractivity contribution is 8.02. The van der Waals surface area contributed by atoms with Crippen molar-refractivity contribution in [1.29, 1.82) is 0 Å². The summed E-state index contributed by atoms with van der Waals surface area (Å²) >= 11 is 1.46. The second kappa shape index (κ2) is 5.93. The Morgan fingerprint density at radius 2 is 2.17 bits per heavy atom. The summed E-state index contributed by atoms with van der Waals surface area (Å²) in [5.41, 5.74) is 0.0799. The molecule has 2 unspecified atom stereocenters. The van der Waals surface area contributed by atoms with E-state index in [2.05, 4.69) is 0 Å². The number of aromatic nitrogens is 2.